The van der Waals surface area contributed by atoms with Gasteiger partial charge in [-0.3, -0.25) is 9.59 Å². The van der Waals surface area contributed by atoms with Crippen LogP contribution in [-0.2, 0) is 4.79 Å². The number of benzene rings is 1. The molecule has 0 saturated carbocycles. The molecule has 0 saturated heterocycles. The van der Waals surface area contributed by atoms with E-state index < -0.39 is 0 Å². The van der Waals surface area contributed by atoms with E-state index in [1.807, 2.05) is 0 Å². The Morgan fingerprint density at radius 2 is 1.83 bits per heavy atom. The van der Waals surface area contributed by atoms with Gasteiger partial charge in [0.1, 0.15) is 5.82 Å². The van der Waals surface area contributed by atoms with E-state index in [4.69, 9.17) is 0 Å². The van der Waals surface area contributed by atoms with Gasteiger partial charge in [0.2, 0.25) is 5.91 Å². The number of amides is 1. The van der Waals surface area contributed by atoms with Crippen molar-refractivity contribution in [2.45, 2.75) is 19.9 Å². The minimum absolute atomic E-state index is 0.0992. The highest BCUT2D eigenvalue weighted by Crippen LogP contribution is 2.05. The van der Waals surface area contributed by atoms with Crippen LogP contribution in [0, 0.1) is 5.82 Å². The number of Topliss-reactive ketones (excluding diaryl/α,β-unsaturated/α-hetero) is 1. The molecule has 18 heavy (non-hydrogen) atoms. The lowest BCUT2D eigenvalue weighted by molar-refractivity contribution is -0.118. The van der Waals surface area contributed by atoms with Crippen LogP contribution in [0.5, 0.6) is 0 Å². The Labute approximate surface area is 106 Å². The van der Waals surface area contributed by atoms with Crippen LogP contribution in [0.15, 0.2) is 24.3 Å². The molecule has 0 aliphatic rings. The molecule has 0 bridgehead atoms. The molecule has 1 amide bonds. The zero-order valence-electron chi connectivity index (χ0n) is 10.5. The Morgan fingerprint density at radius 3 is 2.39 bits per heavy atom. The van der Waals surface area contributed by atoms with Gasteiger partial charge in [-0.25, -0.2) is 4.39 Å². The molecular weight excluding hydrogens is 235 g/mol. The third kappa shape index (κ3) is 4.63. The van der Waals surface area contributed by atoms with E-state index in [1.54, 1.807) is 6.92 Å². The molecule has 2 N–H and O–H groups in total. The average molecular weight is 252 g/mol. The molecule has 0 radical (unpaired) electrons. The van der Waals surface area contributed by atoms with Crippen molar-refractivity contribution >= 4 is 11.7 Å². The number of carbonyl (C=O) groups is 2. The SMILES string of the molecule is CC(=O)NCCNC(C)C(=O)c1ccc(F)cc1. The van der Waals surface area contributed by atoms with Crippen LogP contribution >= 0.6 is 0 Å². The van der Waals surface area contributed by atoms with E-state index >= 15 is 0 Å². The third-order valence-electron chi connectivity index (χ3n) is 2.47. The largest absolute Gasteiger partial charge is 0.355 e. The predicted octanol–water partition coefficient (Wildman–Crippen LogP) is 1.12. The number of rotatable bonds is 6. The van der Waals surface area contributed by atoms with E-state index in [1.165, 1.54) is 31.2 Å². The molecule has 0 aliphatic heterocycles. The maximum Gasteiger partial charge on any atom is 0.216 e. The van der Waals surface area contributed by atoms with Gasteiger partial charge in [-0.2, -0.15) is 0 Å². The first-order chi connectivity index (χ1) is 8.50. The highest BCUT2D eigenvalue weighted by atomic mass is 19.1. The normalized spacial score (nSPS) is 11.9. The summed E-state index contributed by atoms with van der Waals surface area (Å²) in [5.74, 6) is -0.565. The Bertz CT molecular complexity index is 418. The van der Waals surface area contributed by atoms with Gasteiger partial charge in [0, 0.05) is 25.6 Å². The molecule has 1 aromatic rings. The Hall–Kier alpha value is -1.75. The zero-order valence-corrected chi connectivity index (χ0v) is 10.5. The van der Waals surface area contributed by atoms with Crippen molar-refractivity contribution in [3.05, 3.63) is 35.6 Å². The molecule has 5 heteroatoms. The molecule has 1 aromatic carbocycles. The smallest absolute Gasteiger partial charge is 0.216 e. The quantitative estimate of drug-likeness (QED) is 0.589. The monoisotopic (exact) mass is 252 g/mol. The van der Waals surface area contributed by atoms with Crippen LogP contribution in [0.1, 0.15) is 24.2 Å². The standard InChI is InChI=1S/C13H17FN2O2/c1-9(15-7-8-16-10(2)17)13(18)11-3-5-12(14)6-4-11/h3-6,9,15H,7-8H2,1-2H3,(H,16,17). The van der Waals surface area contributed by atoms with Crippen LogP contribution in [-0.4, -0.2) is 30.8 Å². The molecule has 1 atom stereocenters. The first-order valence-corrected chi connectivity index (χ1v) is 5.78. The fourth-order valence-electron chi connectivity index (χ4n) is 1.48. The molecule has 0 aliphatic carbocycles. The van der Waals surface area contributed by atoms with Crippen molar-refractivity contribution in [3.63, 3.8) is 0 Å². The number of carbonyl (C=O) groups excluding carboxylic acids is 2. The molecular formula is C13H17FN2O2. The van der Waals surface area contributed by atoms with Gasteiger partial charge in [-0.05, 0) is 31.2 Å². The van der Waals surface area contributed by atoms with E-state index in [0.717, 1.165) is 0 Å². The van der Waals surface area contributed by atoms with Crippen LogP contribution in [0.4, 0.5) is 4.39 Å². The molecule has 0 heterocycles. The van der Waals surface area contributed by atoms with E-state index in [2.05, 4.69) is 10.6 Å². The first-order valence-electron chi connectivity index (χ1n) is 5.78. The average Bonchev–Trinajstić information content (AvgIpc) is 2.34. The van der Waals surface area contributed by atoms with Crippen LogP contribution in [0.3, 0.4) is 0 Å². The number of halogens is 1. The van der Waals surface area contributed by atoms with Crippen LogP contribution in [0.25, 0.3) is 0 Å². The summed E-state index contributed by atoms with van der Waals surface area (Å²) in [5, 5.41) is 5.62. The fourth-order valence-corrected chi connectivity index (χ4v) is 1.48. The van der Waals surface area contributed by atoms with Gasteiger partial charge < -0.3 is 10.6 Å². The second-order valence-corrected chi connectivity index (χ2v) is 4.03. The van der Waals surface area contributed by atoms with Crippen molar-refractivity contribution < 1.29 is 14.0 Å². The lowest BCUT2D eigenvalue weighted by atomic mass is 10.1. The zero-order chi connectivity index (χ0) is 13.5. The van der Waals surface area contributed by atoms with Crippen LogP contribution < -0.4 is 10.6 Å². The van der Waals surface area contributed by atoms with Gasteiger partial charge in [0.05, 0.1) is 6.04 Å². The molecule has 98 valence electrons. The van der Waals surface area contributed by atoms with E-state index in [-0.39, 0.29) is 23.5 Å². The molecule has 1 unspecified atom stereocenters. The summed E-state index contributed by atoms with van der Waals surface area (Å²) in [7, 11) is 0. The minimum atomic E-state index is -0.371. The maximum atomic E-state index is 12.7. The van der Waals surface area contributed by atoms with Gasteiger partial charge in [0.15, 0.2) is 5.78 Å². The first kappa shape index (κ1) is 14.3. The predicted molar refractivity (Wildman–Crippen MR) is 66.9 cm³/mol. The number of nitrogens with one attached hydrogen (secondary N) is 2. The Morgan fingerprint density at radius 1 is 1.22 bits per heavy atom. The van der Waals surface area contributed by atoms with Crippen LogP contribution in [0.2, 0.25) is 0 Å². The van der Waals surface area contributed by atoms with Gasteiger partial charge in [-0.15, -0.1) is 0 Å². The van der Waals surface area contributed by atoms with Gasteiger partial charge >= 0.3 is 0 Å². The summed E-state index contributed by atoms with van der Waals surface area (Å²) >= 11 is 0. The number of hydrogen-bond donors (Lipinski definition) is 2. The molecule has 1 rings (SSSR count). The maximum absolute atomic E-state index is 12.7. The summed E-state index contributed by atoms with van der Waals surface area (Å²) in [6.07, 6.45) is 0. The van der Waals surface area contributed by atoms with E-state index in [0.29, 0.717) is 18.7 Å². The van der Waals surface area contributed by atoms with E-state index in [9.17, 15) is 14.0 Å². The topological polar surface area (TPSA) is 58.2 Å². The fraction of sp³-hybridized carbons (Fsp3) is 0.385. The summed E-state index contributed by atoms with van der Waals surface area (Å²) in [4.78, 5) is 22.5. The highest BCUT2D eigenvalue weighted by molar-refractivity contribution is 5.99. The second kappa shape index (κ2) is 6.86. The second-order valence-electron chi connectivity index (χ2n) is 4.03. The lowest BCUT2D eigenvalue weighted by Gasteiger charge is -2.12. The summed E-state index contributed by atoms with van der Waals surface area (Å²) in [6.45, 7) is 4.15. The third-order valence-corrected chi connectivity index (χ3v) is 2.47. The Kier molecular flexibility index (Phi) is 5.45. The van der Waals surface area contributed by atoms with Crippen molar-refractivity contribution in [3.8, 4) is 0 Å². The number of hydrogen-bond acceptors (Lipinski definition) is 3. The summed E-state index contributed by atoms with van der Waals surface area (Å²) in [6, 6.07) is 5.08. The van der Waals surface area contributed by atoms with Gasteiger partial charge in [0.25, 0.3) is 0 Å². The lowest BCUT2D eigenvalue weighted by Crippen LogP contribution is -2.39. The molecule has 0 spiro atoms. The Balaban J connectivity index is 2.41. The molecule has 0 aromatic heterocycles. The molecule has 0 fully saturated rings. The number of ketones is 1. The van der Waals surface area contributed by atoms with Crippen molar-refractivity contribution in [1.82, 2.24) is 10.6 Å². The molecule has 4 nitrogen and oxygen atoms in total. The van der Waals surface area contributed by atoms with Crippen molar-refractivity contribution in [2.24, 2.45) is 0 Å². The summed E-state index contributed by atoms with van der Waals surface area (Å²) in [5.41, 5.74) is 0.468. The van der Waals surface area contributed by atoms with Crippen molar-refractivity contribution in [2.75, 3.05) is 13.1 Å². The van der Waals surface area contributed by atoms with Crippen molar-refractivity contribution in [1.29, 1.82) is 0 Å². The highest BCUT2D eigenvalue weighted by Gasteiger charge is 2.14. The minimum Gasteiger partial charge on any atom is -0.355 e. The summed E-state index contributed by atoms with van der Waals surface area (Å²) < 4.78 is 12.7. The van der Waals surface area contributed by atoms with Gasteiger partial charge in [-0.1, -0.05) is 0 Å².